The molecule has 0 saturated carbocycles. The van der Waals surface area contributed by atoms with Gasteiger partial charge < -0.3 is 25.6 Å². The van der Waals surface area contributed by atoms with Gasteiger partial charge in [-0.1, -0.05) is 0 Å². The van der Waals surface area contributed by atoms with E-state index >= 15 is 0 Å². The fourth-order valence-electron chi connectivity index (χ4n) is 1.71. The van der Waals surface area contributed by atoms with Crippen molar-refractivity contribution in [1.29, 1.82) is 0 Å². The molecule has 1 aliphatic heterocycles. The van der Waals surface area contributed by atoms with Crippen LogP contribution in [0.3, 0.4) is 0 Å². The summed E-state index contributed by atoms with van der Waals surface area (Å²) in [6.45, 7) is 2.13. The van der Waals surface area contributed by atoms with Crippen LogP contribution in [0, 0.1) is 5.92 Å². The molecule has 2 unspecified atom stereocenters. The summed E-state index contributed by atoms with van der Waals surface area (Å²) in [7, 11) is 0. The van der Waals surface area contributed by atoms with Gasteiger partial charge in [-0.15, -0.1) is 0 Å². The summed E-state index contributed by atoms with van der Waals surface area (Å²) in [6.07, 6.45) is 0.614. The molecule has 1 fully saturated rings. The van der Waals surface area contributed by atoms with Gasteiger partial charge in [-0.3, -0.25) is 0 Å². The van der Waals surface area contributed by atoms with Crippen molar-refractivity contribution >= 4 is 12.0 Å². The number of carboxylic acid groups (broad SMARTS) is 1. The predicted molar refractivity (Wildman–Crippen MR) is 63.2 cm³/mol. The van der Waals surface area contributed by atoms with Crippen molar-refractivity contribution in [2.75, 3.05) is 26.3 Å². The zero-order valence-electron chi connectivity index (χ0n) is 10.2. The Morgan fingerprint density at radius 1 is 1.39 bits per heavy atom. The second-order valence-corrected chi connectivity index (χ2v) is 4.36. The van der Waals surface area contributed by atoms with E-state index in [0.717, 1.165) is 19.4 Å². The third-order valence-electron chi connectivity index (χ3n) is 2.79. The summed E-state index contributed by atoms with van der Waals surface area (Å²) in [6, 6.07) is -0.349. The summed E-state index contributed by atoms with van der Waals surface area (Å²) in [5, 5.41) is 22.6. The summed E-state index contributed by atoms with van der Waals surface area (Å²) in [4.78, 5) is 21.7. The minimum absolute atomic E-state index is 0.00467. The molecule has 7 nitrogen and oxygen atoms in total. The molecule has 104 valence electrons. The molecule has 1 rings (SSSR count). The molecule has 18 heavy (non-hydrogen) atoms. The highest BCUT2D eigenvalue weighted by atomic mass is 16.5. The minimum atomic E-state index is -1.43. The molecular formula is C11H20N2O5. The highest BCUT2D eigenvalue weighted by Crippen LogP contribution is 2.11. The van der Waals surface area contributed by atoms with Crippen LogP contribution in [0.15, 0.2) is 0 Å². The van der Waals surface area contributed by atoms with Crippen LogP contribution in [0.4, 0.5) is 4.79 Å². The number of carboxylic acids is 1. The number of carbonyl (C=O) groups excluding carboxylic acids is 1. The van der Waals surface area contributed by atoms with Crippen LogP contribution < -0.4 is 10.6 Å². The molecule has 0 bridgehead atoms. The highest BCUT2D eigenvalue weighted by molar-refractivity contribution is 5.74. The number of ether oxygens (including phenoxy) is 1. The summed E-state index contributed by atoms with van der Waals surface area (Å²) < 4.78 is 5.28. The number of hydrogen-bond donors (Lipinski definition) is 4. The van der Waals surface area contributed by atoms with Gasteiger partial charge >= 0.3 is 12.0 Å². The summed E-state index contributed by atoms with van der Waals surface area (Å²) in [5.74, 6) is -0.939. The third-order valence-corrected chi connectivity index (χ3v) is 2.79. The van der Waals surface area contributed by atoms with E-state index in [4.69, 9.17) is 14.9 Å². The molecule has 0 aliphatic carbocycles. The van der Waals surface area contributed by atoms with E-state index in [1.54, 1.807) is 0 Å². The average molecular weight is 260 g/mol. The Morgan fingerprint density at radius 2 is 2.17 bits per heavy atom. The summed E-state index contributed by atoms with van der Waals surface area (Å²) >= 11 is 0. The Bertz CT molecular complexity index is 279. The maximum Gasteiger partial charge on any atom is 0.332 e. The molecule has 1 aliphatic rings. The second kappa shape index (κ2) is 7.88. The largest absolute Gasteiger partial charge is 0.479 e. The quantitative estimate of drug-likeness (QED) is 0.517. The van der Waals surface area contributed by atoms with Crippen molar-refractivity contribution in [1.82, 2.24) is 10.6 Å². The van der Waals surface area contributed by atoms with Gasteiger partial charge in [0.25, 0.3) is 0 Å². The Kier molecular flexibility index (Phi) is 6.45. The van der Waals surface area contributed by atoms with Crippen LogP contribution in [0.2, 0.25) is 0 Å². The Morgan fingerprint density at radius 3 is 2.78 bits per heavy atom. The third kappa shape index (κ3) is 5.83. The lowest BCUT2D eigenvalue weighted by molar-refractivity contribution is -0.146. The van der Waals surface area contributed by atoms with Crippen molar-refractivity contribution in [2.45, 2.75) is 25.4 Å². The van der Waals surface area contributed by atoms with Gasteiger partial charge in [0, 0.05) is 26.1 Å². The van der Waals surface area contributed by atoms with Crippen molar-refractivity contribution in [2.24, 2.45) is 5.92 Å². The van der Waals surface area contributed by atoms with Gasteiger partial charge in [0.05, 0.1) is 6.61 Å². The van der Waals surface area contributed by atoms with Crippen LogP contribution >= 0.6 is 0 Å². The topological polar surface area (TPSA) is 108 Å². The smallest absolute Gasteiger partial charge is 0.332 e. The normalized spacial score (nSPS) is 21.1. The molecule has 0 aromatic rings. The molecule has 0 radical (unpaired) electrons. The van der Waals surface area contributed by atoms with E-state index in [-0.39, 0.29) is 19.0 Å². The first-order valence-electron chi connectivity index (χ1n) is 6.10. The lowest BCUT2D eigenvalue weighted by Gasteiger charge is -2.22. The van der Waals surface area contributed by atoms with Gasteiger partial charge in [-0.05, 0) is 18.8 Å². The molecule has 7 heteroatoms. The molecule has 2 amide bonds. The van der Waals surface area contributed by atoms with Gasteiger partial charge in [-0.25, -0.2) is 9.59 Å². The zero-order valence-corrected chi connectivity index (χ0v) is 10.2. The van der Waals surface area contributed by atoms with E-state index in [9.17, 15) is 9.59 Å². The van der Waals surface area contributed by atoms with E-state index in [0.29, 0.717) is 19.1 Å². The van der Waals surface area contributed by atoms with Crippen molar-refractivity contribution in [3.63, 3.8) is 0 Å². The maximum atomic E-state index is 11.3. The number of aliphatic hydroxyl groups excluding tert-OH is 1. The second-order valence-electron chi connectivity index (χ2n) is 4.36. The van der Waals surface area contributed by atoms with Crippen molar-refractivity contribution in [3.8, 4) is 0 Å². The fraction of sp³-hybridized carbons (Fsp3) is 0.818. The molecule has 1 saturated heterocycles. The zero-order chi connectivity index (χ0) is 13.4. The van der Waals surface area contributed by atoms with Crippen LogP contribution in [0.1, 0.15) is 19.3 Å². The first-order valence-corrected chi connectivity index (χ1v) is 6.10. The monoisotopic (exact) mass is 260 g/mol. The van der Waals surface area contributed by atoms with Gasteiger partial charge in [-0.2, -0.15) is 0 Å². The predicted octanol–water partition coefficient (Wildman–Crippen LogP) is -0.452. The molecular weight excluding hydrogens is 240 g/mol. The van der Waals surface area contributed by atoms with Crippen LogP contribution in [0.25, 0.3) is 0 Å². The minimum Gasteiger partial charge on any atom is -0.479 e. The van der Waals surface area contributed by atoms with E-state index in [1.807, 2.05) is 0 Å². The Hall–Kier alpha value is -1.34. The number of carbonyl (C=O) groups is 2. The van der Waals surface area contributed by atoms with E-state index in [2.05, 4.69) is 10.6 Å². The first-order chi connectivity index (χ1) is 8.59. The molecule has 2 atom stereocenters. The van der Waals surface area contributed by atoms with Crippen LogP contribution in [-0.2, 0) is 9.53 Å². The first kappa shape index (κ1) is 14.7. The fourth-order valence-corrected chi connectivity index (χ4v) is 1.71. The van der Waals surface area contributed by atoms with Crippen LogP contribution in [0.5, 0.6) is 0 Å². The number of aliphatic carboxylic acids is 1. The Labute approximate surface area is 106 Å². The van der Waals surface area contributed by atoms with Crippen molar-refractivity contribution < 1.29 is 24.5 Å². The number of aliphatic hydroxyl groups is 1. The number of urea groups is 1. The number of hydrogen-bond acceptors (Lipinski definition) is 4. The lowest BCUT2D eigenvalue weighted by atomic mass is 10.0. The SMILES string of the molecule is O=C(NCCC(O)C(=O)O)NCC1CCCOC1. The van der Waals surface area contributed by atoms with Gasteiger partial charge in [0.2, 0.25) is 0 Å². The number of rotatable bonds is 6. The standard InChI is InChI=1S/C11H20N2O5/c14-9(10(15)16)3-4-12-11(17)13-6-8-2-1-5-18-7-8/h8-9,14H,1-7H2,(H,15,16)(H2,12,13,17). The molecule has 0 aromatic carbocycles. The molecule has 0 aromatic heterocycles. The average Bonchev–Trinajstić information content (AvgIpc) is 2.37. The summed E-state index contributed by atoms with van der Waals surface area (Å²) in [5.41, 5.74) is 0. The maximum absolute atomic E-state index is 11.3. The van der Waals surface area contributed by atoms with Crippen LogP contribution in [-0.4, -0.2) is 54.6 Å². The molecule has 0 spiro atoms. The number of amides is 2. The van der Waals surface area contributed by atoms with Gasteiger partial charge in [0.15, 0.2) is 6.10 Å². The molecule has 4 N–H and O–H groups in total. The van der Waals surface area contributed by atoms with E-state index in [1.165, 1.54) is 0 Å². The highest BCUT2D eigenvalue weighted by Gasteiger charge is 2.15. The van der Waals surface area contributed by atoms with Crippen molar-refractivity contribution in [3.05, 3.63) is 0 Å². The molecule has 1 heterocycles. The number of nitrogens with one attached hydrogen (secondary N) is 2. The lowest BCUT2D eigenvalue weighted by Crippen LogP contribution is -2.41. The van der Waals surface area contributed by atoms with E-state index < -0.39 is 12.1 Å². The Balaban J connectivity index is 2.04. The van der Waals surface area contributed by atoms with Gasteiger partial charge in [0.1, 0.15) is 0 Å².